The first kappa shape index (κ1) is 33.1. The average molecular weight is 659 g/mol. The Bertz CT molecular complexity index is 1640. The summed E-state index contributed by atoms with van der Waals surface area (Å²) in [5.74, 6) is 0.332. The number of benzene rings is 4. The number of carbonyl (C=O) groups is 1. The molecular formula is C39H41ClF2N2O3. The number of nitrogens with zero attached hydrogens (tertiary/aromatic N) is 1. The summed E-state index contributed by atoms with van der Waals surface area (Å²) in [5, 5.41) is 13.9. The summed E-state index contributed by atoms with van der Waals surface area (Å²) in [6.07, 6.45) is 3.99. The Balaban J connectivity index is 0.00000386. The van der Waals surface area contributed by atoms with E-state index in [1.165, 1.54) is 73.2 Å². The van der Waals surface area contributed by atoms with E-state index >= 15 is 0 Å². The van der Waals surface area contributed by atoms with Crippen molar-refractivity contribution in [1.29, 1.82) is 0 Å². The smallest absolute Gasteiger partial charge is 0.227 e. The van der Waals surface area contributed by atoms with Gasteiger partial charge < -0.3 is 32.1 Å². The maximum absolute atomic E-state index is 13.9. The van der Waals surface area contributed by atoms with Gasteiger partial charge in [-0.15, -0.1) is 0 Å². The molecule has 8 rings (SSSR count). The van der Waals surface area contributed by atoms with Crippen LogP contribution >= 0.6 is 0 Å². The predicted octanol–water partition coefficient (Wildman–Crippen LogP) is 4.18. The Hall–Kier alpha value is -3.78. The number of aliphatic hydroxyl groups excluding tert-OH is 1. The van der Waals surface area contributed by atoms with Crippen LogP contribution in [0.25, 0.3) is 0 Å². The second-order valence-corrected chi connectivity index (χ2v) is 13.5. The van der Waals surface area contributed by atoms with Crippen molar-refractivity contribution in [2.75, 3.05) is 19.6 Å². The minimum Gasteiger partial charge on any atom is -1.00 e. The van der Waals surface area contributed by atoms with Crippen molar-refractivity contribution in [3.05, 3.63) is 137 Å². The number of aliphatic hydroxyl groups is 1. The van der Waals surface area contributed by atoms with Gasteiger partial charge in [-0.3, -0.25) is 4.79 Å². The number of ether oxygens (including phenoxy) is 1. The van der Waals surface area contributed by atoms with Crippen LogP contribution in [0.4, 0.5) is 8.78 Å². The molecule has 0 aliphatic carbocycles. The third kappa shape index (κ3) is 6.80. The highest BCUT2D eigenvalue weighted by molar-refractivity contribution is 5.90. The van der Waals surface area contributed by atoms with Gasteiger partial charge in [-0.05, 0) is 96.7 Å². The van der Waals surface area contributed by atoms with Gasteiger partial charge in [0, 0.05) is 5.56 Å². The summed E-state index contributed by atoms with van der Waals surface area (Å²) in [7, 11) is 0. The van der Waals surface area contributed by atoms with Crippen LogP contribution in [-0.2, 0) is 23.5 Å². The third-order valence-corrected chi connectivity index (χ3v) is 10.7. The van der Waals surface area contributed by atoms with E-state index < -0.39 is 17.6 Å². The van der Waals surface area contributed by atoms with Crippen LogP contribution < -0.4 is 22.5 Å². The molecule has 2 bridgehead atoms. The number of β-lactam (4-membered cyclic amide) rings is 1. The maximum atomic E-state index is 13.9. The van der Waals surface area contributed by atoms with Gasteiger partial charge in [0.05, 0.1) is 31.7 Å². The lowest BCUT2D eigenvalue weighted by Gasteiger charge is -2.50. The van der Waals surface area contributed by atoms with Crippen LogP contribution in [0.2, 0.25) is 0 Å². The first-order valence-electron chi connectivity index (χ1n) is 16.5. The minimum atomic E-state index is -0.878. The summed E-state index contributed by atoms with van der Waals surface area (Å²) < 4.78 is 34.7. The molecule has 47 heavy (non-hydrogen) atoms. The van der Waals surface area contributed by atoms with E-state index in [-0.39, 0.29) is 29.9 Å². The highest BCUT2D eigenvalue weighted by atomic mass is 35.5. The maximum Gasteiger partial charge on any atom is 0.227 e. The lowest BCUT2D eigenvalue weighted by Crippen LogP contribution is -3.00. The van der Waals surface area contributed by atoms with Crippen molar-refractivity contribution in [3.63, 3.8) is 0 Å². The molecule has 4 aromatic rings. The van der Waals surface area contributed by atoms with E-state index in [4.69, 9.17) is 4.74 Å². The van der Waals surface area contributed by atoms with Gasteiger partial charge in [-0.25, -0.2) is 8.78 Å². The first-order valence-corrected chi connectivity index (χ1v) is 16.5. The standard InChI is InChI=1S/C39H40F2N2O3.ClH/c40-33-11-5-30(6-12-33)37(44)18-17-36-38(45)42-39(36,31-7-13-34(41)14-8-31)32-9-15-35(16-10-32)46-26-29-3-1-28(2-4-29)25-43-22-19-27(20-23-43)21-24-43;/h1-16,27,36-37,44H,17-26H2;1H/t27?,36-,37-,39+,43?;/m0./s1. The largest absolute Gasteiger partial charge is 1.00 e. The van der Waals surface area contributed by atoms with Gasteiger partial charge in [0.2, 0.25) is 5.91 Å². The fourth-order valence-corrected chi connectivity index (χ4v) is 7.92. The number of rotatable bonds is 11. The lowest BCUT2D eigenvalue weighted by atomic mass is 9.65. The fourth-order valence-electron chi connectivity index (χ4n) is 7.92. The number of hydrogen-bond donors (Lipinski definition) is 2. The summed E-state index contributed by atoms with van der Waals surface area (Å²) in [5.41, 5.74) is 3.84. The summed E-state index contributed by atoms with van der Waals surface area (Å²) in [4.78, 5) is 13.0. The van der Waals surface area contributed by atoms with E-state index in [1.54, 1.807) is 24.3 Å². The summed E-state index contributed by atoms with van der Waals surface area (Å²) in [6, 6.07) is 28.4. The Morgan fingerprint density at radius 1 is 0.787 bits per heavy atom. The van der Waals surface area contributed by atoms with Gasteiger partial charge in [0.15, 0.2) is 0 Å². The van der Waals surface area contributed by atoms with Crippen molar-refractivity contribution in [3.8, 4) is 5.75 Å². The molecule has 4 aliphatic heterocycles. The van der Waals surface area contributed by atoms with Crippen LogP contribution in [0.15, 0.2) is 97.1 Å². The van der Waals surface area contributed by atoms with Gasteiger partial charge in [-0.2, -0.15) is 0 Å². The van der Waals surface area contributed by atoms with Crippen LogP contribution in [-0.4, -0.2) is 35.1 Å². The molecule has 5 nitrogen and oxygen atoms in total. The minimum absolute atomic E-state index is 0. The van der Waals surface area contributed by atoms with E-state index in [2.05, 4.69) is 29.6 Å². The molecule has 4 saturated heterocycles. The number of halogens is 3. The molecule has 4 fully saturated rings. The monoisotopic (exact) mass is 658 g/mol. The van der Waals surface area contributed by atoms with Crippen LogP contribution in [0, 0.1) is 23.5 Å². The Labute approximate surface area is 281 Å². The van der Waals surface area contributed by atoms with E-state index in [1.807, 2.05) is 24.3 Å². The fraction of sp³-hybridized carbons (Fsp3) is 0.359. The second kappa shape index (κ2) is 13.8. The van der Waals surface area contributed by atoms with Crippen molar-refractivity contribution < 1.29 is 40.3 Å². The molecule has 0 aromatic heterocycles. The zero-order valence-electron chi connectivity index (χ0n) is 26.4. The number of carbonyl (C=O) groups excluding carboxylic acids is 1. The number of quaternary nitrogens is 1. The number of fused-ring (bicyclic) bond motifs is 3. The molecule has 0 radical (unpaired) electrons. The topological polar surface area (TPSA) is 58.6 Å². The molecule has 4 aromatic carbocycles. The molecule has 3 atom stereocenters. The molecule has 246 valence electrons. The lowest BCUT2D eigenvalue weighted by molar-refractivity contribution is -0.955. The highest BCUT2D eigenvalue weighted by Crippen LogP contribution is 2.47. The number of piperidine rings is 3. The van der Waals surface area contributed by atoms with E-state index in [0.29, 0.717) is 30.8 Å². The van der Waals surface area contributed by atoms with E-state index in [0.717, 1.165) is 29.2 Å². The Morgan fingerprint density at radius 3 is 1.89 bits per heavy atom. The van der Waals surface area contributed by atoms with Crippen molar-refractivity contribution in [2.24, 2.45) is 11.8 Å². The van der Waals surface area contributed by atoms with Crippen molar-refractivity contribution >= 4 is 5.91 Å². The molecule has 0 spiro atoms. The van der Waals surface area contributed by atoms with Crippen LogP contribution in [0.3, 0.4) is 0 Å². The quantitative estimate of drug-likeness (QED) is 0.188. The Morgan fingerprint density at radius 2 is 1.32 bits per heavy atom. The normalized spacial score (nSPS) is 25.3. The zero-order valence-corrected chi connectivity index (χ0v) is 27.1. The van der Waals surface area contributed by atoms with Gasteiger partial charge >= 0.3 is 0 Å². The van der Waals surface area contributed by atoms with Gasteiger partial charge in [0.1, 0.15) is 36.1 Å². The molecule has 0 saturated carbocycles. The summed E-state index contributed by atoms with van der Waals surface area (Å²) >= 11 is 0. The molecule has 4 aliphatic rings. The second-order valence-electron chi connectivity index (χ2n) is 13.5. The zero-order chi connectivity index (χ0) is 31.7. The highest BCUT2D eigenvalue weighted by Gasteiger charge is 2.55. The summed E-state index contributed by atoms with van der Waals surface area (Å²) in [6.45, 7) is 5.52. The van der Waals surface area contributed by atoms with E-state index in [9.17, 15) is 18.7 Å². The average Bonchev–Trinajstić information content (AvgIpc) is 3.08. The van der Waals surface area contributed by atoms with Crippen LogP contribution in [0.5, 0.6) is 5.75 Å². The molecule has 0 unspecified atom stereocenters. The van der Waals surface area contributed by atoms with Gasteiger partial charge in [-0.1, -0.05) is 60.7 Å². The van der Waals surface area contributed by atoms with Gasteiger partial charge in [0.25, 0.3) is 0 Å². The van der Waals surface area contributed by atoms with Crippen molar-refractivity contribution in [2.45, 2.75) is 56.9 Å². The molecule has 2 N–H and O–H groups in total. The number of amides is 1. The number of nitrogens with one attached hydrogen (secondary N) is 1. The first-order chi connectivity index (χ1) is 22.3. The SMILES string of the molecule is O=C1N[C@](c2ccc(F)cc2)(c2ccc(OCc3ccc(C[N+]45CCC(CC4)CC5)cc3)cc2)[C@H]1CC[C@H](O)c1ccc(F)cc1.[Cl-]. The third-order valence-electron chi connectivity index (χ3n) is 10.7. The molecule has 8 heteroatoms. The Kier molecular flexibility index (Phi) is 9.70. The van der Waals surface area contributed by atoms with Crippen molar-refractivity contribution in [1.82, 2.24) is 5.32 Å². The predicted molar refractivity (Wildman–Crippen MR) is 173 cm³/mol. The molecule has 1 amide bonds. The molecular weight excluding hydrogens is 618 g/mol. The number of hydrogen-bond acceptors (Lipinski definition) is 3. The molecule has 4 heterocycles. The van der Waals surface area contributed by atoms with Crippen LogP contribution in [0.1, 0.15) is 66.0 Å².